The van der Waals surface area contributed by atoms with Gasteiger partial charge in [0.05, 0.1) is 23.9 Å². The van der Waals surface area contributed by atoms with Crippen molar-refractivity contribution in [2.24, 2.45) is 0 Å². The zero-order valence-electron chi connectivity index (χ0n) is 12.8. The van der Waals surface area contributed by atoms with E-state index in [0.29, 0.717) is 12.6 Å². The molecule has 1 aromatic rings. The highest BCUT2D eigenvalue weighted by Gasteiger charge is 2.46. The maximum Gasteiger partial charge on any atom is 0.322 e. The van der Waals surface area contributed by atoms with E-state index < -0.39 is 0 Å². The molecule has 1 aliphatic carbocycles. The lowest BCUT2D eigenvalue weighted by atomic mass is 9.95. The highest BCUT2D eigenvalue weighted by molar-refractivity contribution is 6.01. The molecule has 3 amide bonds. The highest BCUT2D eigenvalue weighted by Crippen LogP contribution is 2.40. The Morgan fingerprint density at radius 2 is 1.82 bits per heavy atom. The molecule has 114 valence electrons. The van der Waals surface area contributed by atoms with Crippen molar-refractivity contribution in [2.45, 2.75) is 31.8 Å². The number of benzene rings is 1. The van der Waals surface area contributed by atoms with Crippen molar-refractivity contribution in [3.63, 3.8) is 0 Å². The van der Waals surface area contributed by atoms with E-state index in [1.54, 1.807) is 11.9 Å². The van der Waals surface area contributed by atoms with Crippen molar-refractivity contribution >= 4 is 11.9 Å². The summed E-state index contributed by atoms with van der Waals surface area (Å²) in [4.78, 5) is 28.6. The van der Waals surface area contributed by atoms with Gasteiger partial charge in [-0.25, -0.2) is 4.79 Å². The molecule has 0 saturated heterocycles. The molecule has 3 aliphatic rings. The normalized spacial score (nSPS) is 24.7. The fourth-order valence-electron chi connectivity index (χ4n) is 3.28. The summed E-state index contributed by atoms with van der Waals surface area (Å²) in [6.45, 7) is 2.59. The Morgan fingerprint density at radius 3 is 2.45 bits per heavy atom. The van der Waals surface area contributed by atoms with Crippen molar-refractivity contribution < 1.29 is 9.59 Å². The van der Waals surface area contributed by atoms with E-state index in [1.165, 1.54) is 0 Å². The molecule has 5 heteroatoms. The maximum atomic E-state index is 12.8. The van der Waals surface area contributed by atoms with Crippen molar-refractivity contribution in [3.05, 3.63) is 46.7 Å². The van der Waals surface area contributed by atoms with Crippen molar-refractivity contribution in [2.75, 3.05) is 13.6 Å². The van der Waals surface area contributed by atoms with Crippen LogP contribution in [0.1, 0.15) is 30.0 Å². The van der Waals surface area contributed by atoms with Gasteiger partial charge in [-0.1, -0.05) is 29.8 Å². The first-order chi connectivity index (χ1) is 10.6. The SMILES string of the molecule is Cc1ccc([C@H]2NC(=O)N(C)C3=C2C(=O)N(C2CC2)C3)cc1. The van der Waals surface area contributed by atoms with Crippen LogP contribution in [-0.2, 0) is 4.79 Å². The Bertz CT molecular complexity index is 688. The van der Waals surface area contributed by atoms with Crippen LogP contribution in [0.15, 0.2) is 35.5 Å². The first-order valence-corrected chi connectivity index (χ1v) is 7.71. The number of likely N-dealkylation sites (N-methyl/N-ethyl adjacent to an activating group) is 1. The predicted octanol–water partition coefficient (Wildman–Crippen LogP) is 1.95. The minimum absolute atomic E-state index is 0.0786. The smallest absolute Gasteiger partial charge is 0.322 e. The molecule has 0 bridgehead atoms. The monoisotopic (exact) mass is 297 g/mol. The topological polar surface area (TPSA) is 52.7 Å². The van der Waals surface area contributed by atoms with Crippen LogP contribution in [0.25, 0.3) is 0 Å². The van der Waals surface area contributed by atoms with E-state index in [0.717, 1.165) is 35.2 Å². The first kappa shape index (κ1) is 13.4. The molecule has 0 unspecified atom stereocenters. The van der Waals surface area contributed by atoms with Gasteiger partial charge in [-0.3, -0.25) is 9.69 Å². The van der Waals surface area contributed by atoms with Gasteiger partial charge in [0, 0.05) is 13.1 Å². The van der Waals surface area contributed by atoms with Crippen LogP contribution in [0.3, 0.4) is 0 Å². The molecule has 1 aromatic carbocycles. The van der Waals surface area contributed by atoms with Crippen molar-refractivity contribution in [1.29, 1.82) is 0 Å². The van der Waals surface area contributed by atoms with Gasteiger partial charge in [0.1, 0.15) is 0 Å². The molecule has 1 N–H and O–H groups in total. The Morgan fingerprint density at radius 1 is 1.14 bits per heavy atom. The van der Waals surface area contributed by atoms with Crippen LogP contribution >= 0.6 is 0 Å². The molecule has 1 saturated carbocycles. The summed E-state index contributed by atoms with van der Waals surface area (Å²) < 4.78 is 0. The second-order valence-electron chi connectivity index (χ2n) is 6.38. The molecule has 22 heavy (non-hydrogen) atoms. The minimum Gasteiger partial charge on any atom is -0.330 e. The lowest BCUT2D eigenvalue weighted by Gasteiger charge is -2.31. The van der Waals surface area contributed by atoms with Gasteiger partial charge in [0.2, 0.25) is 0 Å². The number of carbonyl (C=O) groups excluding carboxylic acids is 2. The third kappa shape index (κ3) is 1.92. The number of rotatable bonds is 2. The van der Waals surface area contributed by atoms with Crippen LogP contribution in [0.2, 0.25) is 0 Å². The number of urea groups is 1. The average molecular weight is 297 g/mol. The summed E-state index contributed by atoms with van der Waals surface area (Å²) in [5.74, 6) is 0.0786. The van der Waals surface area contributed by atoms with Crippen molar-refractivity contribution in [3.8, 4) is 0 Å². The standard InChI is InChI=1S/C17H19N3O2/c1-10-3-5-11(6-4-10)15-14-13(19(2)17(22)18-15)9-20(16(14)21)12-7-8-12/h3-6,12,15H,7-9H2,1-2H3,(H,18,22)/t15-/m1/s1. The van der Waals surface area contributed by atoms with Gasteiger partial charge in [-0.15, -0.1) is 0 Å². The molecular formula is C17H19N3O2. The molecule has 0 radical (unpaired) electrons. The quantitative estimate of drug-likeness (QED) is 0.907. The zero-order chi connectivity index (χ0) is 15.4. The number of nitrogens with zero attached hydrogens (tertiary/aromatic N) is 2. The van der Waals surface area contributed by atoms with Crippen molar-refractivity contribution in [1.82, 2.24) is 15.1 Å². The van der Waals surface area contributed by atoms with Gasteiger partial charge >= 0.3 is 6.03 Å². The van der Waals surface area contributed by atoms with E-state index in [9.17, 15) is 9.59 Å². The lowest BCUT2D eigenvalue weighted by Crippen LogP contribution is -2.45. The van der Waals surface area contributed by atoms with E-state index in [1.807, 2.05) is 36.1 Å². The second kappa shape index (κ2) is 4.60. The van der Waals surface area contributed by atoms with Gasteiger partial charge in [0.15, 0.2) is 0 Å². The molecule has 0 spiro atoms. The molecule has 1 atom stereocenters. The predicted molar refractivity (Wildman–Crippen MR) is 82.0 cm³/mol. The Balaban J connectivity index is 1.76. The van der Waals surface area contributed by atoms with Gasteiger partial charge in [-0.2, -0.15) is 0 Å². The molecule has 1 fully saturated rings. The van der Waals surface area contributed by atoms with Crippen LogP contribution in [0, 0.1) is 6.92 Å². The van der Waals surface area contributed by atoms with Gasteiger partial charge in [-0.05, 0) is 25.3 Å². The number of carbonyl (C=O) groups is 2. The molecule has 5 nitrogen and oxygen atoms in total. The molecule has 2 heterocycles. The third-order valence-corrected chi connectivity index (χ3v) is 4.79. The number of nitrogens with one attached hydrogen (secondary N) is 1. The van der Waals surface area contributed by atoms with E-state index in [2.05, 4.69) is 5.32 Å². The molecular weight excluding hydrogens is 278 g/mol. The van der Waals surface area contributed by atoms with E-state index >= 15 is 0 Å². The molecule has 2 aliphatic heterocycles. The largest absolute Gasteiger partial charge is 0.330 e. The number of aryl methyl sites for hydroxylation is 1. The number of hydrogen-bond donors (Lipinski definition) is 1. The number of hydrogen-bond acceptors (Lipinski definition) is 2. The first-order valence-electron chi connectivity index (χ1n) is 7.71. The summed E-state index contributed by atoms with van der Waals surface area (Å²) in [7, 11) is 1.74. The fourth-order valence-corrected chi connectivity index (χ4v) is 3.28. The van der Waals surface area contributed by atoms with Crippen LogP contribution in [0.4, 0.5) is 4.79 Å². The summed E-state index contributed by atoms with van der Waals surface area (Å²) >= 11 is 0. The highest BCUT2D eigenvalue weighted by atomic mass is 16.2. The zero-order valence-corrected chi connectivity index (χ0v) is 12.8. The minimum atomic E-state index is -0.337. The summed E-state index contributed by atoms with van der Waals surface area (Å²) in [6.07, 6.45) is 2.15. The molecule has 0 aromatic heterocycles. The average Bonchev–Trinajstić information content (AvgIpc) is 3.28. The van der Waals surface area contributed by atoms with Crippen LogP contribution in [0.5, 0.6) is 0 Å². The fraction of sp³-hybridized carbons (Fsp3) is 0.412. The summed E-state index contributed by atoms with van der Waals surface area (Å²) in [5, 5.41) is 2.97. The Hall–Kier alpha value is -2.30. The van der Waals surface area contributed by atoms with Crippen LogP contribution in [-0.4, -0.2) is 41.4 Å². The summed E-state index contributed by atoms with van der Waals surface area (Å²) in [5.41, 5.74) is 3.71. The van der Waals surface area contributed by atoms with Gasteiger partial charge in [0.25, 0.3) is 5.91 Å². The second-order valence-corrected chi connectivity index (χ2v) is 6.38. The van der Waals surface area contributed by atoms with Gasteiger partial charge < -0.3 is 10.2 Å². The van der Waals surface area contributed by atoms with E-state index in [4.69, 9.17) is 0 Å². The maximum absolute atomic E-state index is 12.8. The van der Waals surface area contributed by atoms with E-state index in [-0.39, 0.29) is 18.0 Å². The van der Waals surface area contributed by atoms with Crippen LogP contribution < -0.4 is 5.32 Å². The summed E-state index contributed by atoms with van der Waals surface area (Å²) in [6, 6.07) is 7.88. The Kier molecular flexibility index (Phi) is 2.79. The molecule has 4 rings (SSSR count). The third-order valence-electron chi connectivity index (χ3n) is 4.79. The Labute approximate surface area is 129 Å². The lowest BCUT2D eigenvalue weighted by molar-refractivity contribution is -0.126. The number of amides is 3.